The highest BCUT2D eigenvalue weighted by Crippen LogP contribution is 2.26. The number of aromatic amines is 3. The van der Waals surface area contributed by atoms with Gasteiger partial charge in [-0.25, -0.2) is 4.98 Å². The van der Waals surface area contributed by atoms with Gasteiger partial charge in [0.25, 0.3) is 5.91 Å². The van der Waals surface area contributed by atoms with Crippen LogP contribution in [-0.4, -0.2) is 36.3 Å². The number of aromatic nitrogens is 6. The van der Waals surface area contributed by atoms with Gasteiger partial charge in [0, 0.05) is 22.7 Å². The molecule has 1 amide bonds. The number of fused-ring (bicyclic) bond motifs is 2. The average Bonchev–Trinajstić information content (AvgIpc) is 3.45. The smallest absolute Gasteiger partial charge is 0.251 e. The van der Waals surface area contributed by atoms with Crippen molar-refractivity contribution in [2.45, 2.75) is 13.0 Å². The summed E-state index contributed by atoms with van der Waals surface area (Å²) >= 11 is 0. The Morgan fingerprint density at radius 2 is 2.04 bits per heavy atom. The lowest BCUT2D eigenvalue weighted by Crippen LogP contribution is -2.26. The van der Waals surface area contributed by atoms with Crippen LogP contribution in [-0.2, 0) is 0 Å². The van der Waals surface area contributed by atoms with Gasteiger partial charge in [0.15, 0.2) is 5.82 Å². The Balaban J connectivity index is 1.46. The molecule has 8 heteroatoms. The molecule has 5 aromatic rings. The number of nitrogens with zero attached hydrogens (tertiary/aromatic N) is 3. The van der Waals surface area contributed by atoms with Gasteiger partial charge in [-0.3, -0.25) is 15.0 Å². The number of imidazole rings is 1. The minimum absolute atomic E-state index is 0.144. The van der Waals surface area contributed by atoms with Crippen LogP contribution >= 0.6 is 0 Å². The summed E-state index contributed by atoms with van der Waals surface area (Å²) in [5, 5.41) is 18.0. The molecule has 0 fully saturated rings. The van der Waals surface area contributed by atoms with Gasteiger partial charge in [-0.2, -0.15) is 10.2 Å². The molecular weight excluding hydrogens is 354 g/mol. The number of hydrogen-bond acceptors (Lipinski definition) is 4. The molecule has 0 aliphatic rings. The van der Waals surface area contributed by atoms with E-state index in [-0.39, 0.29) is 11.9 Å². The molecule has 5 rings (SSSR count). The first kappa shape index (κ1) is 16.2. The van der Waals surface area contributed by atoms with E-state index < -0.39 is 0 Å². The van der Waals surface area contributed by atoms with Crippen molar-refractivity contribution in [3.05, 3.63) is 66.0 Å². The largest absolute Gasteiger partial charge is 0.345 e. The van der Waals surface area contributed by atoms with E-state index in [9.17, 15) is 4.79 Å². The molecule has 0 spiro atoms. The highest BCUT2D eigenvalue weighted by atomic mass is 16.1. The number of rotatable bonds is 4. The zero-order chi connectivity index (χ0) is 19.1. The molecule has 8 nitrogen and oxygen atoms in total. The summed E-state index contributed by atoms with van der Waals surface area (Å²) in [4.78, 5) is 20.5. The summed E-state index contributed by atoms with van der Waals surface area (Å²) in [6.07, 6.45) is 3.47. The predicted octanol–water partition coefficient (Wildman–Crippen LogP) is 3.32. The Bertz CT molecular complexity index is 1280. The minimum Gasteiger partial charge on any atom is -0.345 e. The Labute approximate surface area is 159 Å². The summed E-state index contributed by atoms with van der Waals surface area (Å²) in [7, 11) is 0. The van der Waals surface area contributed by atoms with E-state index in [1.165, 1.54) is 0 Å². The second kappa shape index (κ2) is 6.34. The van der Waals surface area contributed by atoms with Crippen molar-refractivity contribution in [2.75, 3.05) is 0 Å². The number of carbonyl (C=O) groups excluding carboxylic acids is 1. The summed E-state index contributed by atoms with van der Waals surface area (Å²) in [5.74, 6) is 0.508. The lowest BCUT2D eigenvalue weighted by atomic mass is 10.1. The SMILES string of the molecule is CC(NC(=O)c1ccc2nc(-c3n[nH]c4ccccc34)[nH]c2c1)c1cn[nH]c1. The van der Waals surface area contributed by atoms with Crippen molar-refractivity contribution in [3.8, 4) is 11.5 Å². The molecular formula is C20H17N7O. The third-order valence-corrected chi connectivity index (χ3v) is 4.81. The Hall–Kier alpha value is -3.94. The normalized spacial score (nSPS) is 12.5. The number of benzene rings is 2. The van der Waals surface area contributed by atoms with Gasteiger partial charge in [-0.05, 0) is 31.2 Å². The molecule has 3 heterocycles. The number of carbonyl (C=O) groups is 1. The van der Waals surface area contributed by atoms with Crippen LogP contribution in [0.5, 0.6) is 0 Å². The Kier molecular flexibility index (Phi) is 3.68. The summed E-state index contributed by atoms with van der Waals surface area (Å²) in [6.45, 7) is 1.91. The third kappa shape index (κ3) is 2.71. The number of H-pyrrole nitrogens is 3. The molecule has 0 bridgehead atoms. The molecule has 0 saturated carbocycles. The number of hydrogen-bond donors (Lipinski definition) is 4. The fourth-order valence-corrected chi connectivity index (χ4v) is 3.27. The predicted molar refractivity (Wildman–Crippen MR) is 106 cm³/mol. The quantitative estimate of drug-likeness (QED) is 0.388. The highest BCUT2D eigenvalue weighted by molar-refractivity contribution is 5.98. The highest BCUT2D eigenvalue weighted by Gasteiger charge is 2.15. The fourth-order valence-electron chi connectivity index (χ4n) is 3.27. The Morgan fingerprint density at radius 3 is 2.89 bits per heavy atom. The summed E-state index contributed by atoms with van der Waals surface area (Å²) < 4.78 is 0. The van der Waals surface area contributed by atoms with E-state index in [4.69, 9.17) is 0 Å². The maximum absolute atomic E-state index is 12.6. The molecule has 138 valence electrons. The van der Waals surface area contributed by atoms with Crippen LogP contribution in [0, 0.1) is 0 Å². The summed E-state index contributed by atoms with van der Waals surface area (Å²) in [6, 6.07) is 13.2. The van der Waals surface area contributed by atoms with Crippen molar-refractivity contribution >= 4 is 27.8 Å². The second-order valence-corrected chi connectivity index (χ2v) is 6.66. The maximum atomic E-state index is 12.6. The van der Waals surface area contributed by atoms with Gasteiger partial charge in [0.2, 0.25) is 0 Å². The standard InChI is InChI=1S/C20H17N7O/c1-11(13-9-21-22-10-13)23-20(28)12-6-7-16-17(8-12)25-19(24-16)18-14-4-2-3-5-15(14)26-27-18/h2-11H,1H3,(H,21,22)(H,23,28)(H,24,25)(H,26,27). The minimum atomic E-state index is -0.156. The van der Waals surface area contributed by atoms with Crippen LogP contribution in [0.1, 0.15) is 28.9 Å². The van der Waals surface area contributed by atoms with E-state index in [1.54, 1.807) is 24.5 Å². The van der Waals surface area contributed by atoms with Crippen molar-refractivity contribution in [1.29, 1.82) is 0 Å². The number of nitrogens with one attached hydrogen (secondary N) is 4. The average molecular weight is 371 g/mol. The van der Waals surface area contributed by atoms with Gasteiger partial charge in [0.05, 0.1) is 28.8 Å². The summed E-state index contributed by atoms with van der Waals surface area (Å²) in [5.41, 5.74) is 4.75. The molecule has 0 aliphatic carbocycles. The molecule has 1 atom stereocenters. The lowest BCUT2D eigenvalue weighted by Gasteiger charge is -2.11. The molecule has 2 aromatic carbocycles. The molecule has 0 saturated heterocycles. The van der Waals surface area contributed by atoms with Gasteiger partial charge in [0.1, 0.15) is 5.69 Å². The molecule has 1 unspecified atom stereocenters. The first-order valence-corrected chi connectivity index (χ1v) is 8.92. The maximum Gasteiger partial charge on any atom is 0.251 e. The van der Waals surface area contributed by atoms with Crippen molar-refractivity contribution in [3.63, 3.8) is 0 Å². The van der Waals surface area contributed by atoms with E-state index in [1.807, 2.05) is 37.3 Å². The van der Waals surface area contributed by atoms with Crippen LogP contribution in [0.15, 0.2) is 54.9 Å². The van der Waals surface area contributed by atoms with E-state index >= 15 is 0 Å². The third-order valence-electron chi connectivity index (χ3n) is 4.81. The Morgan fingerprint density at radius 1 is 1.14 bits per heavy atom. The van der Waals surface area contributed by atoms with Crippen LogP contribution < -0.4 is 5.32 Å². The topological polar surface area (TPSA) is 115 Å². The van der Waals surface area contributed by atoms with Crippen LogP contribution in [0.4, 0.5) is 0 Å². The fraction of sp³-hybridized carbons (Fsp3) is 0.100. The van der Waals surface area contributed by atoms with Gasteiger partial charge in [-0.15, -0.1) is 0 Å². The molecule has 4 N–H and O–H groups in total. The zero-order valence-electron chi connectivity index (χ0n) is 15.0. The van der Waals surface area contributed by atoms with Crippen LogP contribution in [0.25, 0.3) is 33.5 Å². The van der Waals surface area contributed by atoms with Gasteiger partial charge in [-0.1, -0.05) is 18.2 Å². The van der Waals surface area contributed by atoms with Crippen molar-refractivity contribution in [1.82, 2.24) is 35.7 Å². The molecule has 3 aromatic heterocycles. The second-order valence-electron chi connectivity index (χ2n) is 6.66. The van der Waals surface area contributed by atoms with Crippen LogP contribution in [0.3, 0.4) is 0 Å². The van der Waals surface area contributed by atoms with E-state index in [2.05, 4.69) is 35.7 Å². The molecule has 28 heavy (non-hydrogen) atoms. The van der Waals surface area contributed by atoms with E-state index in [0.717, 1.165) is 33.2 Å². The first-order valence-electron chi connectivity index (χ1n) is 8.92. The van der Waals surface area contributed by atoms with Gasteiger partial charge < -0.3 is 10.3 Å². The zero-order valence-corrected chi connectivity index (χ0v) is 15.0. The first-order chi connectivity index (χ1) is 13.7. The van der Waals surface area contributed by atoms with Gasteiger partial charge >= 0.3 is 0 Å². The monoisotopic (exact) mass is 371 g/mol. The van der Waals surface area contributed by atoms with Crippen molar-refractivity contribution in [2.24, 2.45) is 0 Å². The molecule has 0 radical (unpaired) electrons. The number of amides is 1. The van der Waals surface area contributed by atoms with Crippen LogP contribution in [0.2, 0.25) is 0 Å². The molecule has 0 aliphatic heterocycles. The van der Waals surface area contributed by atoms with Crippen molar-refractivity contribution < 1.29 is 4.79 Å². The number of para-hydroxylation sites is 1. The van der Waals surface area contributed by atoms with E-state index in [0.29, 0.717) is 11.4 Å². The lowest BCUT2D eigenvalue weighted by molar-refractivity contribution is 0.0940.